The van der Waals surface area contributed by atoms with Crippen molar-refractivity contribution in [3.05, 3.63) is 34.9 Å². The number of benzene rings is 1. The number of nitrogens with two attached hydrogens (primary N) is 1. The number of rotatable bonds is 3. The lowest BCUT2D eigenvalue weighted by atomic mass is 10.1. The maximum Gasteiger partial charge on any atom is 0.126 e. The predicted molar refractivity (Wildman–Crippen MR) is 49.0 cm³/mol. The Morgan fingerprint density at radius 1 is 1.33 bits per heavy atom. The van der Waals surface area contributed by atoms with Crippen LogP contribution in [0.15, 0.2) is 24.3 Å². The molecule has 66 valence electrons. The van der Waals surface area contributed by atoms with E-state index in [0.29, 0.717) is 23.6 Å². The maximum absolute atomic E-state index is 13.1. The summed E-state index contributed by atoms with van der Waals surface area (Å²) < 4.78 is 13.1. The van der Waals surface area contributed by atoms with Crippen molar-refractivity contribution in [1.82, 2.24) is 0 Å². The number of alkyl halides is 1. The highest BCUT2D eigenvalue weighted by Crippen LogP contribution is 2.21. The average Bonchev–Trinajstić information content (AvgIpc) is 2.06. The van der Waals surface area contributed by atoms with Crippen molar-refractivity contribution < 1.29 is 4.39 Å². The van der Waals surface area contributed by atoms with Gasteiger partial charge in [0, 0.05) is 5.02 Å². The van der Waals surface area contributed by atoms with Gasteiger partial charge in [-0.2, -0.15) is 0 Å². The molecule has 0 radical (unpaired) electrons. The van der Waals surface area contributed by atoms with Crippen molar-refractivity contribution in [2.24, 2.45) is 5.73 Å². The van der Waals surface area contributed by atoms with E-state index in [0.717, 1.165) is 0 Å². The fraction of sp³-hybridized carbons (Fsp3) is 0.333. The summed E-state index contributed by atoms with van der Waals surface area (Å²) in [5.74, 6) is 0. The summed E-state index contributed by atoms with van der Waals surface area (Å²) in [5, 5.41) is 0.624. The van der Waals surface area contributed by atoms with Crippen molar-refractivity contribution in [2.75, 3.05) is 6.54 Å². The molecular formula is C9H11ClFN. The van der Waals surface area contributed by atoms with Gasteiger partial charge in [-0.3, -0.25) is 0 Å². The van der Waals surface area contributed by atoms with Crippen LogP contribution in [0.25, 0.3) is 0 Å². The summed E-state index contributed by atoms with van der Waals surface area (Å²) in [5.41, 5.74) is 5.87. The van der Waals surface area contributed by atoms with E-state index < -0.39 is 6.17 Å². The molecule has 1 atom stereocenters. The Hall–Kier alpha value is -0.600. The Balaban J connectivity index is 2.68. The topological polar surface area (TPSA) is 26.0 Å². The van der Waals surface area contributed by atoms with E-state index in [-0.39, 0.29) is 0 Å². The van der Waals surface area contributed by atoms with Crippen LogP contribution in [-0.4, -0.2) is 6.54 Å². The predicted octanol–water partition coefficient (Wildman–Crippen LogP) is 2.70. The van der Waals surface area contributed by atoms with Crippen LogP contribution in [0.5, 0.6) is 0 Å². The Morgan fingerprint density at radius 3 is 2.42 bits per heavy atom. The second kappa shape index (κ2) is 4.43. The first-order valence-electron chi connectivity index (χ1n) is 3.83. The molecule has 1 aromatic carbocycles. The highest BCUT2D eigenvalue weighted by Gasteiger charge is 2.07. The van der Waals surface area contributed by atoms with Crippen LogP contribution in [0.3, 0.4) is 0 Å². The zero-order valence-corrected chi connectivity index (χ0v) is 7.39. The van der Waals surface area contributed by atoms with Crippen LogP contribution in [0, 0.1) is 0 Å². The minimum atomic E-state index is -0.965. The quantitative estimate of drug-likeness (QED) is 0.774. The second-order valence-corrected chi connectivity index (χ2v) is 3.03. The Kier molecular flexibility index (Phi) is 3.50. The van der Waals surface area contributed by atoms with E-state index in [2.05, 4.69) is 0 Å². The van der Waals surface area contributed by atoms with E-state index >= 15 is 0 Å². The fourth-order valence-electron chi connectivity index (χ4n) is 0.985. The van der Waals surface area contributed by atoms with Crippen LogP contribution in [0.2, 0.25) is 5.02 Å². The molecule has 0 spiro atoms. The number of hydrogen-bond acceptors (Lipinski definition) is 1. The molecule has 1 nitrogen and oxygen atoms in total. The molecule has 0 aromatic heterocycles. The van der Waals surface area contributed by atoms with Gasteiger partial charge in [0.25, 0.3) is 0 Å². The molecule has 0 aliphatic heterocycles. The minimum absolute atomic E-state index is 0.363. The zero-order valence-electron chi connectivity index (χ0n) is 6.63. The van der Waals surface area contributed by atoms with E-state index in [1.165, 1.54) is 0 Å². The standard InChI is InChI=1S/C9H11ClFN/c10-8-3-1-7(2-4-8)9(11)5-6-12/h1-4,9H,5-6,12H2. The van der Waals surface area contributed by atoms with E-state index in [4.69, 9.17) is 17.3 Å². The lowest BCUT2D eigenvalue weighted by Crippen LogP contribution is -2.03. The SMILES string of the molecule is NCCC(F)c1ccc(Cl)cc1. The molecule has 0 aliphatic carbocycles. The molecule has 1 rings (SSSR count). The molecule has 0 fully saturated rings. The molecule has 12 heavy (non-hydrogen) atoms. The highest BCUT2D eigenvalue weighted by molar-refractivity contribution is 6.30. The van der Waals surface area contributed by atoms with Gasteiger partial charge in [-0.1, -0.05) is 23.7 Å². The molecule has 2 N–H and O–H groups in total. The van der Waals surface area contributed by atoms with Crippen molar-refractivity contribution in [3.63, 3.8) is 0 Å². The van der Waals surface area contributed by atoms with E-state index in [1.54, 1.807) is 24.3 Å². The summed E-state index contributed by atoms with van der Waals surface area (Å²) in [4.78, 5) is 0. The molecule has 0 saturated heterocycles. The first kappa shape index (κ1) is 9.49. The van der Waals surface area contributed by atoms with Crippen LogP contribution in [0.4, 0.5) is 4.39 Å². The van der Waals surface area contributed by atoms with Crippen LogP contribution in [-0.2, 0) is 0 Å². The first-order valence-corrected chi connectivity index (χ1v) is 4.21. The number of hydrogen-bond donors (Lipinski definition) is 1. The first-order chi connectivity index (χ1) is 5.74. The third kappa shape index (κ3) is 2.47. The molecule has 0 saturated carbocycles. The fourth-order valence-corrected chi connectivity index (χ4v) is 1.11. The number of halogens is 2. The monoisotopic (exact) mass is 187 g/mol. The maximum atomic E-state index is 13.1. The van der Waals surface area contributed by atoms with Crippen molar-refractivity contribution in [1.29, 1.82) is 0 Å². The van der Waals surface area contributed by atoms with Crippen molar-refractivity contribution in [3.8, 4) is 0 Å². The van der Waals surface area contributed by atoms with Crippen LogP contribution >= 0.6 is 11.6 Å². The third-order valence-electron chi connectivity index (χ3n) is 1.65. The van der Waals surface area contributed by atoms with Gasteiger partial charge in [0.2, 0.25) is 0 Å². The molecule has 0 aliphatic rings. The Bertz CT molecular complexity index is 235. The largest absolute Gasteiger partial charge is 0.330 e. The molecule has 0 bridgehead atoms. The Labute approximate surface area is 76.3 Å². The van der Waals surface area contributed by atoms with Crippen molar-refractivity contribution >= 4 is 11.6 Å². The third-order valence-corrected chi connectivity index (χ3v) is 1.90. The van der Waals surface area contributed by atoms with Gasteiger partial charge in [-0.05, 0) is 30.7 Å². The summed E-state index contributed by atoms with van der Waals surface area (Å²) in [6.45, 7) is 0.365. The molecule has 1 aromatic rings. The van der Waals surface area contributed by atoms with Gasteiger partial charge < -0.3 is 5.73 Å². The van der Waals surface area contributed by atoms with Crippen LogP contribution in [0.1, 0.15) is 18.2 Å². The second-order valence-electron chi connectivity index (χ2n) is 2.60. The van der Waals surface area contributed by atoms with Gasteiger partial charge in [0.15, 0.2) is 0 Å². The van der Waals surface area contributed by atoms with E-state index in [1.807, 2.05) is 0 Å². The highest BCUT2D eigenvalue weighted by atomic mass is 35.5. The lowest BCUT2D eigenvalue weighted by Gasteiger charge is -2.05. The van der Waals surface area contributed by atoms with Gasteiger partial charge in [0.1, 0.15) is 6.17 Å². The lowest BCUT2D eigenvalue weighted by molar-refractivity contribution is 0.328. The van der Waals surface area contributed by atoms with Gasteiger partial charge >= 0.3 is 0 Å². The van der Waals surface area contributed by atoms with Gasteiger partial charge in [-0.15, -0.1) is 0 Å². The summed E-state index contributed by atoms with van der Waals surface area (Å²) in [6, 6.07) is 6.73. The Morgan fingerprint density at radius 2 is 1.92 bits per heavy atom. The summed E-state index contributed by atoms with van der Waals surface area (Å²) in [6.07, 6.45) is -0.603. The smallest absolute Gasteiger partial charge is 0.126 e. The molecule has 0 amide bonds. The zero-order chi connectivity index (χ0) is 8.97. The van der Waals surface area contributed by atoms with Gasteiger partial charge in [-0.25, -0.2) is 4.39 Å². The summed E-state index contributed by atoms with van der Waals surface area (Å²) >= 11 is 5.65. The van der Waals surface area contributed by atoms with Gasteiger partial charge in [0.05, 0.1) is 0 Å². The molecule has 3 heteroatoms. The molecule has 0 heterocycles. The molecule has 1 unspecified atom stereocenters. The van der Waals surface area contributed by atoms with E-state index in [9.17, 15) is 4.39 Å². The summed E-state index contributed by atoms with van der Waals surface area (Å²) in [7, 11) is 0. The van der Waals surface area contributed by atoms with Crippen molar-refractivity contribution in [2.45, 2.75) is 12.6 Å². The minimum Gasteiger partial charge on any atom is -0.330 e. The average molecular weight is 188 g/mol. The molecular weight excluding hydrogens is 177 g/mol. The normalized spacial score (nSPS) is 12.9. The van der Waals surface area contributed by atoms with Crippen LogP contribution < -0.4 is 5.73 Å².